The topological polar surface area (TPSA) is 83.6 Å². The van der Waals surface area contributed by atoms with Crippen LogP contribution in [0.5, 0.6) is 0 Å². The molecule has 35 heavy (non-hydrogen) atoms. The van der Waals surface area contributed by atoms with Crippen LogP contribution in [0.1, 0.15) is 41.0 Å². The van der Waals surface area contributed by atoms with E-state index in [4.69, 9.17) is 0 Å². The summed E-state index contributed by atoms with van der Waals surface area (Å²) >= 11 is 1.36. The van der Waals surface area contributed by atoms with Gasteiger partial charge >= 0.3 is 0 Å². The number of carbonyl (C=O) groups excluding carboxylic acids is 1. The van der Waals surface area contributed by atoms with E-state index in [1.54, 1.807) is 24.3 Å². The molecule has 0 saturated carbocycles. The third kappa shape index (κ3) is 4.81. The summed E-state index contributed by atoms with van der Waals surface area (Å²) < 4.78 is 16.8. The van der Waals surface area contributed by atoms with E-state index in [2.05, 4.69) is 21.6 Å². The maximum absolute atomic E-state index is 14.8. The van der Waals surface area contributed by atoms with Crippen molar-refractivity contribution in [1.29, 1.82) is 5.26 Å². The first kappa shape index (κ1) is 22.8. The van der Waals surface area contributed by atoms with Gasteiger partial charge in [0.1, 0.15) is 17.7 Å². The van der Waals surface area contributed by atoms with Crippen LogP contribution in [-0.2, 0) is 13.0 Å². The molecule has 2 heterocycles. The minimum Gasteiger partial charge on any atom is -0.322 e. The molecule has 1 aromatic heterocycles. The van der Waals surface area contributed by atoms with Gasteiger partial charge in [-0.05, 0) is 55.3 Å². The summed E-state index contributed by atoms with van der Waals surface area (Å²) in [5, 5.41) is 20.8. The fourth-order valence-electron chi connectivity index (χ4n) is 4.17. The third-order valence-electron chi connectivity index (χ3n) is 5.93. The molecule has 0 aliphatic carbocycles. The van der Waals surface area contributed by atoms with Crippen molar-refractivity contribution in [3.05, 3.63) is 89.5 Å². The molecule has 6 nitrogen and oxygen atoms in total. The molecule has 4 aromatic rings. The maximum Gasteiger partial charge on any atom is 0.256 e. The number of nitrogens with zero attached hydrogens (tertiary/aromatic N) is 4. The molecule has 1 aliphatic heterocycles. The largest absolute Gasteiger partial charge is 0.322 e. The second-order valence-corrected chi connectivity index (χ2v) is 9.34. The lowest BCUT2D eigenvalue weighted by molar-refractivity contribution is 0.102. The van der Waals surface area contributed by atoms with E-state index < -0.39 is 5.82 Å². The number of aromatic nitrogens is 3. The molecule has 0 atom stereocenters. The molecule has 8 heteroatoms. The van der Waals surface area contributed by atoms with E-state index in [-0.39, 0.29) is 5.91 Å². The van der Waals surface area contributed by atoms with Gasteiger partial charge in [-0.1, -0.05) is 42.4 Å². The number of fused-ring (bicyclic) bond motifs is 1. The highest BCUT2D eigenvalue weighted by molar-refractivity contribution is 7.99. The zero-order valence-electron chi connectivity index (χ0n) is 18.9. The zero-order chi connectivity index (χ0) is 24.2. The van der Waals surface area contributed by atoms with Crippen LogP contribution in [0.25, 0.3) is 11.4 Å². The highest BCUT2D eigenvalue weighted by Gasteiger charge is 2.20. The molecule has 0 saturated heterocycles. The predicted octanol–water partition coefficient (Wildman–Crippen LogP) is 6.09. The zero-order valence-corrected chi connectivity index (χ0v) is 19.7. The van der Waals surface area contributed by atoms with E-state index in [1.165, 1.54) is 23.9 Å². The number of nitriles is 1. The van der Waals surface area contributed by atoms with Crippen LogP contribution >= 0.6 is 11.8 Å². The smallest absolute Gasteiger partial charge is 0.256 e. The Morgan fingerprint density at radius 2 is 1.80 bits per heavy atom. The van der Waals surface area contributed by atoms with Gasteiger partial charge in [-0.25, -0.2) is 4.39 Å². The Labute approximate surface area is 206 Å². The van der Waals surface area contributed by atoms with Crippen molar-refractivity contribution in [2.24, 2.45) is 0 Å². The molecular weight excluding hydrogens is 461 g/mol. The van der Waals surface area contributed by atoms with Gasteiger partial charge in [-0.3, -0.25) is 4.79 Å². The average molecular weight is 484 g/mol. The molecule has 0 bridgehead atoms. The number of benzene rings is 3. The molecule has 3 aromatic carbocycles. The minimum atomic E-state index is -0.411. The molecule has 0 fully saturated rings. The second-order valence-electron chi connectivity index (χ2n) is 8.26. The Hall–Kier alpha value is -3.96. The minimum absolute atomic E-state index is 0.314. The molecule has 174 valence electrons. The summed E-state index contributed by atoms with van der Waals surface area (Å²) in [6.45, 7) is 0.752. The average Bonchev–Trinajstić information content (AvgIpc) is 3.13. The van der Waals surface area contributed by atoms with Crippen molar-refractivity contribution in [2.75, 3.05) is 5.32 Å². The van der Waals surface area contributed by atoms with Gasteiger partial charge in [0.05, 0.1) is 16.7 Å². The highest BCUT2D eigenvalue weighted by atomic mass is 32.2. The van der Waals surface area contributed by atoms with Gasteiger partial charge in [0, 0.05) is 28.4 Å². The van der Waals surface area contributed by atoms with Gasteiger partial charge in [-0.15, -0.1) is 10.2 Å². The fourth-order valence-corrected chi connectivity index (χ4v) is 5.19. The summed E-state index contributed by atoms with van der Waals surface area (Å²) in [4.78, 5) is 14.7. The quantitative estimate of drug-likeness (QED) is 0.372. The van der Waals surface area contributed by atoms with Gasteiger partial charge in [-0.2, -0.15) is 5.26 Å². The number of amides is 1. The van der Waals surface area contributed by atoms with E-state index in [9.17, 15) is 14.4 Å². The molecular formula is C27H22FN5OS. The number of aryl methyl sites for hydroxylation is 1. The van der Waals surface area contributed by atoms with Crippen LogP contribution < -0.4 is 5.32 Å². The Bertz CT molecular complexity index is 1440. The molecule has 1 N–H and O–H groups in total. The predicted molar refractivity (Wildman–Crippen MR) is 133 cm³/mol. The van der Waals surface area contributed by atoms with Crippen molar-refractivity contribution in [2.45, 2.75) is 42.0 Å². The van der Waals surface area contributed by atoms with Crippen LogP contribution in [0.3, 0.4) is 0 Å². The van der Waals surface area contributed by atoms with E-state index in [1.807, 2.05) is 34.9 Å². The van der Waals surface area contributed by atoms with Crippen molar-refractivity contribution in [3.63, 3.8) is 0 Å². The second kappa shape index (κ2) is 10.1. The Morgan fingerprint density at radius 3 is 2.66 bits per heavy atom. The Morgan fingerprint density at radius 1 is 1.00 bits per heavy atom. The SMILES string of the molecule is N#Cc1ccccc1Sc1ccccc1C(=O)Nc1ccc(F)c(-c2nnc3n2CCCCC3)c1. The standard InChI is InChI=1S/C27H22FN5OS/c28-22-14-13-19(16-21(22)26-32-31-25-12-2-1-7-15-33(25)26)30-27(34)20-9-4-6-11-24(20)35-23-10-5-3-8-18(23)17-29/h3-6,8-11,13-14,16H,1-2,7,12,15H2,(H,30,34). The maximum atomic E-state index is 14.8. The van der Waals surface area contributed by atoms with E-state index in [0.29, 0.717) is 28.2 Å². The first-order chi connectivity index (χ1) is 17.1. The molecule has 0 spiro atoms. The summed E-state index contributed by atoms with van der Waals surface area (Å²) in [6, 6.07) is 21.1. The normalized spacial score (nSPS) is 12.9. The number of anilines is 1. The molecule has 0 unspecified atom stereocenters. The van der Waals surface area contributed by atoms with Crippen LogP contribution in [-0.4, -0.2) is 20.7 Å². The first-order valence-electron chi connectivity index (χ1n) is 11.4. The van der Waals surface area contributed by atoms with Crippen LogP contribution in [0.2, 0.25) is 0 Å². The highest BCUT2D eigenvalue weighted by Crippen LogP contribution is 2.33. The molecule has 5 rings (SSSR count). The number of hydrogen-bond donors (Lipinski definition) is 1. The molecule has 1 aliphatic rings. The van der Waals surface area contributed by atoms with Crippen molar-refractivity contribution >= 4 is 23.4 Å². The first-order valence-corrected chi connectivity index (χ1v) is 12.2. The lowest BCUT2D eigenvalue weighted by Gasteiger charge is -2.12. The summed E-state index contributed by atoms with van der Waals surface area (Å²) in [6.07, 6.45) is 3.98. The lowest BCUT2D eigenvalue weighted by atomic mass is 10.1. The monoisotopic (exact) mass is 483 g/mol. The number of carbonyl (C=O) groups is 1. The number of rotatable bonds is 5. The number of hydrogen-bond acceptors (Lipinski definition) is 5. The van der Waals surface area contributed by atoms with Crippen LogP contribution in [0, 0.1) is 17.1 Å². The summed E-state index contributed by atoms with van der Waals surface area (Å²) in [7, 11) is 0. The van der Waals surface area contributed by atoms with Gasteiger partial charge in [0.2, 0.25) is 0 Å². The van der Waals surface area contributed by atoms with Gasteiger partial charge in [0.15, 0.2) is 5.82 Å². The molecule has 1 amide bonds. The summed E-state index contributed by atoms with van der Waals surface area (Å²) in [5.41, 5.74) is 1.79. The number of nitrogens with one attached hydrogen (secondary N) is 1. The molecule has 0 radical (unpaired) electrons. The fraction of sp³-hybridized carbons (Fsp3) is 0.185. The van der Waals surface area contributed by atoms with Crippen molar-refractivity contribution in [3.8, 4) is 17.5 Å². The van der Waals surface area contributed by atoms with Crippen molar-refractivity contribution < 1.29 is 9.18 Å². The lowest BCUT2D eigenvalue weighted by Crippen LogP contribution is -2.13. The third-order valence-corrected chi connectivity index (χ3v) is 7.09. The van der Waals surface area contributed by atoms with Crippen LogP contribution in [0.15, 0.2) is 76.5 Å². The van der Waals surface area contributed by atoms with Gasteiger partial charge < -0.3 is 9.88 Å². The van der Waals surface area contributed by atoms with Gasteiger partial charge in [0.25, 0.3) is 5.91 Å². The number of halogens is 1. The van der Waals surface area contributed by atoms with Crippen molar-refractivity contribution in [1.82, 2.24) is 14.8 Å². The summed E-state index contributed by atoms with van der Waals surface area (Å²) in [5.74, 6) is 0.626. The Kier molecular flexibility index (Phi) is 6.59. The van der Waals surface area contributed by atoms with E-state index in [0.717, 1.165) is 47.8 Å². The Balaban J connectivity index is 1.42. The van der Waals surface area contributed by atoms with E-state index >= 15 is 0 Å². The van der Waals surface area contributed by atoms with Crippen LogP contribution in [0.4, 0.5) is 10.1 Å².